The standard InChI is InChI=1S/C17H12ClF3N2O4/c18-12-4-3-10(17(19,20)21)6-13(12)22-16(24)9-25-8-11-7-15(27-23-11)14-2-1-5-26-14/h1-7H,8-9H2,(H,22,24). The van der Waals surface area contributed by atoms with Gasteiger partial charge in [-0.3, -0.25) is 4.79 Å². The van der Waals surface area contributed by atoms with Crippen LogP contribution in [-0.2, 0) is 22.3 Å². The fourth-order valence-corrected chi connectivity index (χ4v) is 2.31. The second-order valence-electron chi connectivity index (χ2n) is 5.39. The summed E-state index contributed by atoms with van der Waals surface area (Å²) in [6.45, 7) is -0.441. The number of alkyl halides is 3. The molecule has 0 atom stereocenters. The third kappa shape index (κ3) is 4.89. The largest absolute Gasteiger partial charge is 0.461 e. The van der Waals surface area contributed by atoms with E-state index in [9.17, 15) is 18.0 Å². The molecule has 3 aromatic rings. The normalized spacial score (nSPS) is 11.6. The second-order valence-corrected chi connectivity index (χ2v) is 5.80. The molecular formula is C17H12ClF3N2O4. The smallest absolute Gasteiger partial charge is 0.416 e. The zero-order valence-corrected chi connectivity index (χ0v) is 14.3. The molecule has 0 saturated carbocycles. The molecule has 10 heteroatoms. The average molecular weight is 401 g/mol. The van der Waals surface area contributed by atoms with Gasteiger partial charge in [0.2, 0.25) is 11.7 Å². The van der Waals surface area contributed by atoms with Crippen molar-refractivity contribution < 1.29 is 31.6 Å². The summed E-state index contributed by atoms with van der Waals surface area (Å²) >= 11 is 5.82. The number of benzene rings is 1. The average Bonchev–Trinajstić information content (AvgIpc) is 3.27. The van der Waals surface area contributed by atoms with Crippen LogP contribution in [0.25, 0.3) is 11.5 Å². The molecule has 1 aromatic carbocycles. The van der Waals surface area contributed by atoms with E-state index in [1.807, 2.05) is 0 Å². The van der Waals surface area contributed by atoms with Crippen LogP contribution in [0.3, 0.4) is 0 Å². The number of ether oxygens (including phenoxy) is 1. The van der Waals surface area contributed by atoms with Gasteiger partial charge in [0.15, 0.2) is 5.76 Å². The highest BCUT2D eigenvalue weighted by Crippen LogP contribution is 2.33. The molecule has 0 saturated heterocycles. The minimum Gasteiger partial charge on any atom is -0.461 e. The number of furan rings is 1. The number of nitrogens with zero attached hydrogens (tertiary/aromatic N) is 1. The van der Waals surface area contributed by atoms with E-state index in [0.29, 0.717) is 17.2 Å². The van der Waals surface area contributed by atoms with Crippen LogP contribution in [0, 0.1) is 0 Å². The van der Waals surface area contributed by atoms with Gasteiger partial charge in [-0.2, -0.15) is 13.2 Å². The lowest BCUT2D eigenvalue weighted by Gasteiger charge is -2.11. The monoisotopic (exact) mass is 400 g/mol. The van der Waals surface area contributed by atoms with Crippen molar-refractivity contribution >= 4 is 23.2 Å². The van der Waals surface area contributed by atoms with Crippen molar-refractivity contribution in [3.8, 4) is 11.5 Å². The number of anilines is 1. The van der Waals surface area contributed by atoms with Crippen molar-refractivity contribution in [2.24, 2.45) is 0 Å². The summed E-state index contributed by atoms with van der Waals surface area (Å²) in [5.41, 5.74) is -0.649. The van der Waals surface area contributed by atoms with Gasteiger partial charge in [-0.05, 0) is 30.3 Å². The van der Waals surface area contributed by atoms with Crippen molar-refractivity contribution in [3.05, 3.63) is 58.9 Å². The topological polar surface area (TPSA) is 77.5 Å². The van der Waals surface area contributed by atoms with Crippen LogP contribution in [0.4, 0.5) is 18.9 Å². The molecular weight excluding hydrogens is 389 g/mol. The fourth-order valence-electron chi connectivity index (χ4n) is 2.15. The van der Waals surface area contributed by atoms with Crippen molar-refractivity contribution in [2.45, 2.75) is 12.8 Å². The minimum atomic E-state index is -4.54. The second kappa shape index (κ2) is 7.85. The van der Waals surface area contributed by atoms with Gasteiger partial charge in [0.1, 0.15) is 12.3 Å². The number of rotatable bonds is 6. The van der Waals surface area contributed by atoms with Gasteiger partial charge in [0.05, 0.1) is 29.1 Å². The first-order valence-corrected chi connectivity index (χ1v) is 7.94. The van der Waals surface area contributed by atoms with Crippen LogP contribution in [0.1, 0.15) is 11.3 Å². The first kappa shape index (κ1) is 19.0. The summed E-state index contributed by atoms with van der Waals surface area (Å²) in [7, 11) is 0. The summed E-state index contributed by atoms with van der Waals surface area (Å²) in [5.74, 6) is 0.232. The van der Waals surface area contributed by atoms with E-state index in [-0.39, 0.29) is 17.3 Å². The molecule has 27 heavy (non-hydrogen) atoms. The predicted octanol–water partition coefficient (Wildman–Crippen LogP) is 4.76. The Kier molecular flexibility index (Phi) is 5.52. The SMILES string of the molecule is O=C(COCc1cc(-c2ccco2)on1)Nc1cc(C(F)(F)F)ccc1Cl. The van der Waals surface area contributed by atoms with Crippen LogP contribution in [0.2, 0.25) is 5.02 Å². The van der Waals surface area contributed by atoms with E-state index in [0.717, 1.165) is 18.2 Å². The summed E-state index contributed by atoms with van der Waals surface area (Å²) < 4.78 is 53.6. The van der Waals surface area contributed by atoms with Gasteiger partial charge < -0.3 is 19.0 Å². The van der Waals surface area contributed by atoms with Gasteiger partial charge in [0, 0.05) is 6.07 Å². The molecule has 1 amide bonds. The van der Waals surface area contributed by atoms with Crippen LogP contribution >= 0.6 is 11.6 Å². The Balaban J connectivity index is 1.53. The number of hydrogen-bond acceptors (Lipinski definition) is 5. The quantitative estimate of drug-likeness (QED) is 0.645. The van der Waals surface area contributed by atoms with E-state index in [2.05, 4.69) is 10.5 Å². The van der Waals surface area contributed by atoms with Crippen molar-refractivity contribution in [1.29, 1.82) is 0 Å². The molecule has 0 unspecified atom stereocenters. The van der Waals surface area contributed by atoms with E-state index in [1.165, 1.54) is 6.26 Å². The van der Waals surface area contributed by atoms with Gasteiger partial charge >= 0.3 is 6.18 Å². The minimum absolute atomic E-state index is 0.0176. The first-order valence-electron chi connectivity index (χ1n) is 7.57. The highest BCUT2D eigenvalue weighted by atomic mass is 35.5. The lowest BCUT2D eigenvalue weighted by Crippen LogP contribution is -2.19. The number of halogens is 4. The molecule has 0 radical (unpaired) electrons. The van der Waals surface area contributed by atoms with Gasteiger partial charge in [-0.1, -0.05) is 16.8 Å². The third-order valence-electron chi connectivity index (χ3n) is 3.37. The first-order chi connectivity index (χ1) is 12.8. The number of carbonyl (C=O) groups is 1. The molecule has 142 valence electrons. The molecule has 0 fully saturated rings. The maximum absolute atomic E-state index is 12.7. The van der Waals surface area contributed by atoms with Gasteiger partial charge in [-0.25, -0.2) is 0 Å². The van der Waals surface area contributed by atoms with E-state index < -0.39 is 24.3 Å². The van der Waals surface area contributed by atoms with Crippen molar-refractivity contribution in [3.63, 3.8) is 0 Å². The number of amides is 1. The zero-order chi connectivity index (χ0) is 19.4. The number of aromatic nitrogens is 1. The zero-order valence-electron chi connectivity index (χ0n) is 13.5. The van der Waals surface area contributed by atoms with Crippen LogP contribution in [0.15, 0.2) is 51.6 Å². The molecule has 0 aliphatic carbocycles. The molecule has 1 N–H and O–H groups in total. The Morgan fingerprint density at radius 2 is 2.04 bits per heavy atom. The van der Waals surface area contributed by atoms with E-state index >= 15 is 0 Å². The Morgan fingerprint density at radius 3 is 2.74 bits per heavy atom. The van der Waals surface area contributed by atoms with E-state index in [1.54, 1.807) is 18.2 Å². The molecule has 0 aliphatic rings. The molecule has 0 bridgehead atoms. The van der Waals surface area contributed by atoms with Crippen LogP contribution in [-0.4, -0.2) is 17.7 Å². The Labute approximate surface area is 155 Å². The summed E-state index contributed by atoms with van der Waals surface area (Å²) in [4.78, 5) is 11.9. The number of nitrogens with one attached hydrogen (secondary N) is 1. The predicted molar refractivity (Wildman–Crippen MR) is 88.9 cm³/mol. The molecule has 6 nitrogen and oxygen atoms in total. The lowest BCUT2D eigenvalue weighted by atomic mass is 10.2. The fraction of sp³-hybridized carbons (Fsp3) is 0.176. The number of carbonyl (C=O) groups excluding carboxylic acids is 1. The van der Waals surface area contributed by atoms with Gasteiger partial charge in [-0.15, -0.1) is 0 Å². The summed E-state index contributed by atoms with van der Waals surface area (Å²) in [6.07, 6.45) is -3.06. The Morgan fingerprint density at radius 1 is 1.22 bits per heavy atom. The van der Waals surface area contributed by atoms with Crippen molar-refractivity contribution in [1.82, 2.24) is 5.16 Å². The maximum atomic E-state index is 12.7. The maximum Gasteiger partial charge on any atom is 0.416 e. The molecule has 2 aromatic heterocycles. The highest BCUT2D eigenvalue weighted by molar-refractivity contribution is 6.33. The Bertz CT molecular complexity index is 923. The molecule has 0 spiro atoms. The van der Waals surface area contributed by atoms with Crippen molar-refractivity contribution in [2.75, 3.05) is 11.9 Å². The lowest BCUT2D eigenvalue weighted by molar-refractivity contribution is -0.137. The summed E-state index contributed by atoms with van der Waals surface area (Å²) in [5, 5.41) is 6.03. The third-order valence-corrected chi connectivity index (χ3v) is 3.70. The van der Waals surface area contributed by atoms with E-state index in [4.69, 9.17) is 25.3 Å². The molecule has 2 heterocycles. The molecule has 0 aliphatic heterocycles. The van der Waals surface area contributed by atoms with Crippen LogP contribution in [0.5, 0.6) is 0 Å². The Hall–Kier alpha value is -2.78. The summed E-state index contributed by atoms with van der Waals surface area (Å²) in [6, 6.07) is 7.62. The highest BCUT2D eigenvalue weighted by Gasteiger charge is 2.31. The molecule has 3 rings (SSSR count). The van der Waals surface area contributed by atoms with Gasteiger partial charge in [0.25, 0.3) is 0 Å². The number of hydrogen-bond donors (Lipinski definition) is 1. The van der Waals surface area contributed by atoms with Crippen LogP contribution < -0.4 is 5.32 Å².